The van der Waals surface area contributed by atoms with E-state index in [1.807, 2.05) is 0 Å². The molecule has 3 aliphatic rings. The van der Waals surface area contributed by atoms with Gasteiger partial charge < -0.3 is 5.11 Å². The Bertz CT molecular complexity index is 660. The van der Waals surface area contributed by atoms with Crippen LogP contribution in [0.5, 0.6) is 0 Å². The fourth-order valence-corrected chi connectivity index (χ4v) is 6.17. The summed E-state index contributed by atoms with van der Waals surface area (Å²) in [5, 5.41) is 9.12. The highest BCUT2D eigenvalue weighted by Crippen LogP contribution is 2.43. The number of piperidine rings is 3. The smallest absolute Gasteiger partial charge is 0.303 e. The second-order valence-corrected chi connectivity index (χ2v) is 9.01. The van der Waals surface area contributed by atoms with E-state index in [0.717, 1.165) is 37.3 Å². The molecule has 1 aromatic carbocycles. The van der Waals surface area contributed by atoms with Crippen LogP contribution in [0.2, 0.25) is 0 Å². The average molecular weight is 371 g/mol. The Balaban J connectivity index is 1.55. The lowest BCUT2D eigenvalue weighted by Gasteiger charge is -2.57. The second kappa shape index (κ2) is 8.32. The number of hydrogen-bond donors (Lipinski definition) is 1. The van der Waals surface area contributed by atoms with Crippen LogP contribution in [0.25, 0.3) is 0 Å². The zero-order chi connectivity index (χ0) is 18.8. The van der Waals surface area contributed by atoms with Crippen LogP contribution in [0.4, 0.5) is 0 Å². The lowest BCUT2D eigenvalue weighted by atomic mass is 9.69. The molecule has 4 atom stereocenters. The van der Waals surface area contributed by atoms with Crippen molar-refractivity contribution >= 4 is 5.97 Å². The predicted octanol–water partition coefficient (Wildman–Crippen LogP) is 3.92. The molecule has 0 amide bonds. The van der Waals surface area contributed by atoms with Gasteiger partial charge in [-0.15, -0.1) is 0 Å². The van der Waals surface area contributed by atoms with Crippen molar-refractivity contribution in [3.8, 4) is 0 Å². The molecule has 148 valence electrons. The third-order valence-electron chi connectivity index (χ3n) is 7.14. The van der Waals surface area contributed by atoms with E-state index in [-0.39, 0.29) is 0 Å². The van der Waals surface area contributed by atoms with Crippen molar-refractivity contribution < 1.29 is 9.90 Å². The van der Waals surface area contributed by atoms with Gasteiger partial charge in [0.1, 0.15) is 0 Å². The summed E-state index contributed by atoms with van der Waals surface area (Å²) in [5.41, 5.74) is 2.73. The summed E-state index contributed by atoms with van der Waals surface area (Å²) < 4.78 is 0. The van der Waals surface area contributed by atoms with Crippen LogP contribution in [0, 0.1) is 18.8 Å². The number of aliphatic carboxylic acids is 1. The molecule has 0 bridgehead atoms. The minimum atomic E-state index is -0.656. The van der Waals surface area contributed by atoms with Gasteiger partial charge in [0.15, 0.2) is 0 Å². The maximum atomic E-state index is 11.1. The van der Waals surface area contributed by atoms with Crippen LogP contribution in [0.15, 0.2) is 24.3 Å². The quantitative estimate of drug-likeness (QED) is 0.824. The molecule has 4 heteroatoms. The maximum Gasteiger partial charge on any atom is 0.303 e. The molecular formula is C23H34N2O2. The van der Waals surface area contributed by atoms with Gasteiger partial charge in [0.2, 0.25) is 0 Å². The summed E-state index contributed by atoms with van der Waals surface area (Å²) >= 11 is 0. The van der Waals surface area contributed by atoms with E-state index in [1.165, 1.54) is 56.4 Å². The number of carboxylic acids is 1. The van der Waals surface area contributed by atoms with Crippen molar-refractivity contribution in [3.05, 3.63) is 35.4 Å². The molecular weight excluding hydrogens is 336 g/mol. The van der Waals surface area contributed by atoms with Crippen molar-refractivity contribution in [1.29, 1.82) is 0 Å². The van der Waals surface area contributed by atoms with E-state index in [2.05, 4.69) is 41.0 Å². The van der Waals surface area contributed by atoms with Crippen molar-refractivity contribution in [2.75, 3.05) is 19.6 Å². The fourth-order valence-electron chi connectivity index (χ4n) is 6.17. The Labute approximate surface area is 163 Å². The van der Waals surface area contributed by atoms with Gasteiger partial charge >= 0.3 is 5.97 Å². The number of carbonyl (C=O) groups is 1. The lowest BCUT2D eigenvalue weighted by Crippen LogP contribution is -2.64. The average Bonchev–Trinajstić information content (AvgIpc) is 2.64. The van der Waals surface area contributed by atoms with Gasteiger partial charge in [-0.1, -0.05) is 29.8 Å². The van der Waals surface area contributed by atoms with Gasteiger partial charge in [-0.25, -0.2) is 0 Å². The highest BCUT2D eigenvalue weighted by Gasteiger charge is 2.48. The van der Waals surface area contributed by atoms with E-state index in [0.29, 0.717) is 12.5 Å². The normalized spacial score (nSPS) is 31.4. The van der Waals surface area contributed by atoms with Gasteiger partial charge in [-0.05, 0) is 75.9 Å². The number of carboxylic acid groups (broad SMARTS) is 1. The van der Waals surface area contributed by atoms with Crippen LogP contribution in [0.3, 0.4) is 0 Å². The molecule has 0 aromatic heterocycles. The van der Waals surface area contributed by atoms with Crippen LogP contribution < -0.4 is 0 Å². The van der Waals surface area contributed by atoms with E-state index in [4.69, 9.17) is 5.11 Å². The zero-order valence-corrected chi connectivity index (χ0v) is 16.6. The van der Waals surface area contributed by atoms with Gasteiger partial charge in [-0.3, -0.25) is 14.6 Å². The first-order chi connectivity index (χ1) is 13.1. The molecule has 0 saturated carbocycles. The van der Waals surface area contributed by atoms with Gasteiger partial charge in [0, 0.05) is 31.6 Å². The molecule has 3 aliphatic heterocycles. The maximum absolute atomic E-state index is 11.1. The molecule has 1 N–H and O–H groups in total. The van der Waals surface area contributed by atoms with Gasteiger partial charge in [0.05, 0.1) is 0 Å². The fraction of sp³-hybridized carbons (Fsp3) is 0.696. The molecule has 0 aliphatic carbocycles. The molecule has 4 nitrogen and oxygen atoms in total. The SMILES string of the molecule is Cc1cccc(CN2C[C@H]3CCCN4CCC[C@@H]([C@H]34)[C@H]2CCCC(=O)O)c1. The van der Waals surface area contributed by atoms with E-state index in [9.17, 15) is 4.79 Å². The van der Waals surface area contributed by atoms with Crippen molar-refractivity contribution in [2.24, 2.45) is 11.8 Å². The Hall–Kier alpha value is -1.39. The Morgan fingerprint density at radius 2 is 2.04 bits per heavy atom. The van der Waals surface area contributed by atoms with Crippen molar-refractivity contribution in [1.82, 2.24) is 9.80 Å². The minimum absolute atomic E-state index is 0.305. The zero-order valence-electron chi connectivity index (χ0n) is 16.6. The molecule has 27 heavy (non-hydrogen) atoms. The first-order valence-electron chi connectivity index (χ1n) is 10.9. The van der Waals surface area contributed by atoms with E-state index < -0.39 is 5.97 Å². The molecule has 3 heterocycles. The van der Waals surface area contributed by atoms with Gasteiger partial charge in [0.25, 0.3) is 0 Å². The Kier molecular flexibility index (Phi) is 5.84. The summed E-state index contributed by atoms with van der Waals surface area (Å²) in [5.74, 6) is 0.859. The number of nitrogens with zero attached hydrogens (tertiary/aromatic N) is 2. The summed E-state index contributed by atoms with van der Waals surface area (Å²) in [4.78, 5) is 16.6. The molecule has 0 spiro atoms. The topological polar surface area (TPSA) is 43.8 Å². The van der Waals surface area contributed by atoms with Gasteiger partial charge in [-0.2, -0.15) is 0 Å². The van der Waals surface area contributed by atoms with E-state index in [1.54, 1.807) is 0 Å². The van der Waals surface area contributed by atoms with Crippen LogP contribution in [-0.2, 0) is 11.3 Å². The van der Waals surface area contributed by atoms with Crippen LogP contribution >= 0.6 is 0 Å². The standard InChI is InChI=1S/C23H34N2O2/c1-17-6-2-7-18(14-17)15-25-16-19-8-4-12-24-13-5-9-20(23(19)24)21(25)10-3-11-22(26)27/h2,6-7,14,19-21,23H,3-5,8-13,15-16H2,1H3,(H,26,27)/t19-,20-,21-,23+/m1/s1. The first-order valence-corrected chi connectivity index (χ1v) is 10.9. The number of rotatable bonds is 6. The van der Waals surface area contributed by atoms with Crippen LogP contribution in [0.1, 0.15) is 56.1 Å². The number of hydrogen-bond acceptors (Lipinski definition) is 3. The number of aryl methyl sites for hydroxylation is 1. The molecule has 4 rings (SSSR count). The van der Waals surface area contributed by atoms with E-state index >= 15 is 0 Å². The first kappa shape index (κ1) is 18.9. The highest BCUT2D eigenvalue weighted by atomic mass is 16.4. The summed E-state index contributed by atoms with van der Waals surface area (Å²) in [6.45, 7) is 6.91. The molecule has 1 aromatic rings. The van der Waals surface area contributed by atoms with Crippen LogP contribution in [-0.4, -0.2) is 52.6 Å². The van der Waals surface area contributed by atoms with Crippen molar-refractivity contribution in [2.45, 2.75) is 70.5 Å². The largest absolute Gasteiger partial charge is 0.481 e. The third-order valence-corrected chi connectivity index (χ3v) is 7.14. The summed E-state index contributed by atoms with van der Waals surface area (Å²) in [6.07, 6.45) is 7.47. The minimum Gasteiger partial charge on any atom is -0.481 e. The Morgan fingerprint density at radius 1 is 1.22 bits per heavy atom. The molecule has 0 radical (unpaired) electrons. The highest BCUT2D eigenvalue weighted by molar-refractivity contribution is 5.66. The lowest BCUT2D eigenvalue weighted by molar-refractivity contribution is -0.137. The monoisotopic (exact) mass is 370 g/mol. The van der Waals surface area contributed by atoms with Crippen molar-refractivity contribution in [3.63, 3.8) is 0 Å². The molecule has 0 unspecified atom stereocenters. The summed E-state index contributed by atoms with van der Waals surface area (Å²) in [6, 6.07) is 10.2. The molecule has 3 saturated heterocycles. The number of likely N-dealkylation sites (tertiary alicyclic amines) is 1. The Morgan fingerprint density at radius 3 is 2.81 bits per heavy atom. The number of benzene rings is 1. The third kappa shape index (κ3) is 4.22. The predicted molar refractivity (Wildman–Crippen MR) is 108 cm³/mol. The molecule has 3 fully saturated rings. The second-order valence-electron chi connectivity index (χ2n) is 9.01. The summed E-state index contributed by atoms with van der Waals surface area (Å²) in [7, 11) is 0.